The van der Waals surface area contributed by atoms with Gasteiger partial charge in [0.15, 0.2) is 5.82 Å². The molecule has 0 radical (unpaired) electrons. The number of hydrogen-bond acceptors (Lipinski definition) is 5. The van der Waals surface area contributed by atoms with Crippen LogP contribution in [-0.2, 0) is 7.05 Å². The number of phenolic OH excluding ortho intramolecular Hbond substituents is 1. The summed E-state index contributed by atoms with van der Waals surface area (Å²) < 4.78 is 31.9. The molecule has 8 heteroatoms. The van der Waals surface area contributed by atoms with Gasteiger partial charge in [0.05, 0.1) is 17.9 Å². The van der Waals surface area contributed by atoms with Crippen molar-refractivity contribution in [1.82, 2.24) is 20.1 Å². The van der Waals surface area contributed by atoms with Crippen LogP contribution in [0.25, 0.3) is 32.9 Å². The molecular weight excluding hydrogens is 426 g/mol. The van der Waals surface area contributed by atoms with Crippen LogP contribution in [0.1, 0.15) is 17.2 Å². The van der Waals surface area contributed by atoms with E-state index in [2.05, 4.69) is 21.3 Å². The molecule has 2 aromatic heterocycles. The van der Waals surface area contributed by atoms with Crippen LogP contribution in [0.15, 0.2) is 30.5 Å². The Hall–Kier alpha value is -3.54. The van der Waals surface area contributed by atoms with Crippen molar-refractivity contribution < 1.29 is 19.0 Å². The van der Waals surface area contributed by atoms with E-state index in [1.165, 1.54) is 28.9 Å². The number of terminal acetylenes is 1. The fourth-order valence-electron chi connectivity index (χ4n) is 5.64. The highest BCUT2D eigenvalue weighted by molar-refractivity contribution is 6.02. The zero-order valence-electron chi connectivity index (χ0n) is 17.7. The summed E-state index contributed by atoms with van der Waals surface area (Å²) in [5.41, 5.74) is 1.22. The molecule has 1 unspecified atom stereocenters. The Balaban J connectivity index is 1.56. The van der Waals surface area contributed by atoms with Gasteiger partial charge >= 0.3 is 0 Å². The summed E-state index contributed by atoms with van der Waals surface area (Å²) in [5, 5.41) is 29.2. The fourth-order valence-corrected chi connectivity index (χ4v) is 5.64. The summed E-state index contributed by atoms with van der Waals surface area (Å²) >= 11 is 0. The first kappa shape index (κ1) is 20.1. The molecule has 2 aromatic carbocycles. The van der Waals surface area contributed by atoms with Gasteiger partial charge in [0.2, 0.25) is 0 Å². The lowest BCUT2D eigenvalue weighted by atomic mass is 9.95. The van der Waals surface area contributed by atoms with Crippen molar-refractivity contribution in [1.29, 1.82) is 0 Å². The minimum Gasteiger partial charge on any atom is -0.508 e. The number of nitrogens with one attached hydrogen (secondary N) is 1. The van der Waals surface area contributed by atoms with Crippen LogP contribution >= 0.6 is 0 Å². The van der Waals surface area contributed by atoms with Crippen molar-refractivity contribution in [3.8, 4) is 29.4 Å². The summed E-state index contributed by atoms with van der Waals surface area (Å²) in [6.45, 7) is 0.847. The lowest BCUT2D eigenvalue weighted by Gasteiger charge is -2.12. The average Bonchev–Trinajstić information content (AvgIpc) is 3.16. The largest absolute Gasteiger partial charge is 0.508 e. The monoisotopic (exact) mass is 446 g/mol. The van der Waals surface area contributed by atoms with Crippen LogP contribution in [0.4, 0.5) is 8.78 Å². The Labute approximate surface area is 187 Å². The number of rotatable bonds is 3. The predicted molar refractivity (Wildman–Crippen MR) is 120 cm³/mol. The molecule has 166 valence electrons. The molecule has 2 fully saturated rings. The van der Waals surface area contributed by atoms with Crippen LogP contribution in [0, 0.1) is 35.8 Å². The number of aryl methyl sites for hydroxylation is 1. The highest BCUT2D eigenvalue weighted by atomic mass is 19.1. The molecule has 1 saturated heterocycles. The van der Waals surface area contributed by atoms with E-state index in [-0.39, 0.29) is 52.6 Å². The molecule has 3 heterocycles. The molecule has 4 aromatic rings. The number of benzene rings is 2. The molecule has 6 rings (SSSR count). The topological polar surface area (TPSA) is 83.2 Å². The second-order valence-corrected chi connectivity index (χ2v) is 8.81. The summed E-state index contributed by atoms with van der Waals surface area (Å²) in [6.07, 6.45) is 7.14. The standard InChI is InChI=1S/C25H20F2N4O2/c1-3-13-17(26)5-4-11-6-12(33)7-14(19(11)13)24-22(27)25-16(9-29-24)23(30-31(25)2)21-15-8-28-18(10-32)20(15)21/h1,4-7,9,15,18,20-21,28,32-33H,8,10H2,2H3/t15-,18?,20-,21+/m1/s1. The molecule has 3 N–H and O–H groups in total. The Morgan fingerprint density at radius 2 is 2.12 bits per heavy atom. The highest BCUT2D eigenvalue weighted by Crippen LogP contribution is 2.59. The maximum atomic E-state index is 15.9. The van der Waals surface area contributed by atoms with Gasteiger partial charge in [-0.3, -0.25) is 9.67 Å². The van der Waals surface area contributed by atoms with E-state index in [0.29, 0.717) is 22.1 Å². The lowest BCUT2D eigenvalue weighted by molar-refractivity contribution is 0.240. The second kappa shape index (κ2) is 6.98. The molecule has 0 amide bonds. The number of aromatic hydroxyl groups is 1. The van der Waals surface area contributed by atoms with Crippen LogP contribution < -0.4 is 5.32 Å². The molecular formula is C25H20F2N4O2. The van der Waals surface area contributed by atoms with E-state index in [4.69, 9.17) is 6.42 Å². The minimum absolute atomic E-state index is 0.0113. The molecule has 0 spiro atoms. The average molecular weight is 446 g/mol. The number of phenols is 1. The van der Waals surface area contributed by atoms with Gasteiger partial charge in [-0.1, -0.05) is 12.0 Å². The normalized spacial score (nSPS) is 23.7. The van der Waals surface area contributed by atoms with Gasteiger partial charge in [-0.05, 0) is 42.0 Å². The highest BCUT2D eigenvalue weighted by Gasteiger charge is 2.59. The Bertz CT molecular complexity index is 1510. The third kappa shape index (κ3) is 2.73. The number of aliphatic hydroxyl groups is 1. The first-order chi connectivity index (χ1) is 15.9. The van der Waals surface area contributed by atoms with Crippen LogP contribution in [0.5, 0.6) is 5.75 Å². The van der Waals surface area contributed by atoms with Crippen molar-refractivity contribution >= 4 is 21.7 Å². The molecule has 1 aliphatic carbocycles. The van der Waals surface area contributed by atoms with E-state index in [9.17, 15) is 14.6 Å². The summed E-state index contributed by atoms with van der Waals surface area (Å²) in [5.74, 6) is 1.79. The number of aromatic nitrogens is 3. The van der Waals surface area contributed by atoms with E-state index < -0.39 is 11.6 Å². The van der Waals surface area contributed by atoms with Crippen LogP contribution in [-0.4, -0.2) is 44.2 Å². The summed E-state index contributed by atoms with van der Waals surface area (Å²) in [7, 11) is 1.67. The predicted octanol–water partition coefficient (Wildman–Crippen LogP) is 3.05. The van der Waals surface area contributed by atoms with Crippen molar-refractivity contribution in [2.24, 2.45) is 18.9 Å². The van der Waals surface area contributed by atoms with E-state index in [1.807, 2.05) is 0 Å². The van der Waals surface area contributed by atoms with Gasteiger partial charge < -0.3 is 15.5 Å². The van der Waals surface area contributed by atoms with Crippen LogP contribution in [0.3, 0.4) is 0 Å². The summed E-state index contributed by atoms with van der Waals surface area (Å²) in [4.78, 5) is 4.39. The van der Waals surface area contributed by atoms with E-state index >= 15 is 4.39 Å². The maximum Gasteiger partial charge on any atom is 0.175 e. The number of piperidine rings is 1. The van der Waals surface area contributed by atoms with Gasteiger partial charge in [0, 0.05) is 41.5 Å². The van der Waals surface area contributed by atoms with Crippen molar-refractivity contribution in [2.45, 2.75) is 12.0 Å². The smallest absolute Gasteiger partial charge is 0.175 e. The first-order valence-electron chi connectivity index (χ1n) is 10.7. The lowest BCUT2D eigenvalue weighted by Crippen LogP contribution is -2.31. The number of hydrogen-bond donors (Lipinski definition) is 3. The molecule has 2 aliphatic rings. The zero-order chi connectivity index (χ0) is 23.0. The van der Waals surface area contributed by atoms with Gasteiger partial charge in [-0.2, -0.15) is 5.10 Å². The second-order valence-electron chi connectivity index (χ2n) is 8.81. The van der Waals surface area contributed by atoms with Crippen molar-refractivity contribution in [3.63, 3.8) is 0 Å². The maximum absolute atomic E-state index is 15.9. The number of nitrogens with zero attached hydrogens (tertiary/aromatic N) is 3. The first-order valence-corrected chi connectivity index (χ1v) is 10.7. The SMILES string of the molecule is C#Cc1c(F)ccc2cc(O)cc(-c3ncc4c([C@H]5[C@@H]6CNC(CO)[C@@H]65)nn(C)c4c3F)c12. The number of halogens is 2. The van der Waals surface area contributed by atoms with E-state index in [1.54, 1.807) is 13.2 Å². The fraction of sp³-hybridized carbons (Fsp3) is 0.280. The third-order valence-corrected chi connectivity index (χ3v) is 7.12. The zero-order valence-corrected chi connectivity index (χ0v) is 17.7. The quantitative estimate of drug-likeness (QED) is 0.422. The number of pyridine rings is 1. The van der Waals surface area contributed by atoms with Crippen LogP contribution in [0.2, 0.25) is 0 Å². The van der Waals surface area contributed by atoms with Crippen molar-refractivity contribution in [2.75, 3.05) is 13.2 Å². The third-order valence-electron chi connectivity index (χ3n) is 7.12. The molecule has 0 bridgehead atoms. The summed E-state index contributed by atoms with van der Waals surface area (Å²) in [6, 6.07) is 5.53. The Kier molecular flexibility index (Phi) is 4.25. The van der Waals surface area contributed by atoms with Gasteiger partial charge in [-0.15, -0.1) is 6.42 Å². The van der Waals surface area contributed by atoms with Crippen molar-refractivity contribution in [3.05, 3.63) is 53.4 Å². The Morgan fingerprint density at radius 3 is 2.88 bits per heavy atom. The molecule has 4 atom stereocenters. The number of aliphatic hydroxyl groups excluding tert-OH is 1. The number of fused-ring (bicyclic) bond motifs is 3. The van der Waals surface area contributed by atoms with Gasteiger partial charge in [-0.25, -0.2) is 8.78 Å². The molecule has 6 nitrogen and oxygen atoms in total. The van der Waals surface area contributed by atoms with E-state index in [0.717, 1.165) is 12.2 Å². The minimum atomic E-state index is -0.615. The molecule has 1 aliphatic heterocycles. The molecule has 33 heavy (non-hydrogen) atoms. The van der Waals surface area contributed by atoms with Gasteiger partial charge in [0.1, 0.15) is 22.8 Å². The molecule has 1 saturated carbocycles. The Morgan fingerprint density at radius 1 is 1.30 bits per heavy atom. The van der Waals surface area contributed by atoms with Gasteiger partial charge in [0.25, 0.3) is 0 Å².